The Balaban J connectivity index is 1.82. The van der Waals surface area contributed by atoms with Gasteiger partial charge in [-0.15, -0.1) is 11.8 Å². The number of aliphatic hydroxyl groups is 1. The molecule has 0 amide bonds. The molecular formula is C15H14FIOS. The Bertz CT molecular complexity index is 513. The van der Waals surface area contributed by atoms with Crippen LogP contribution in [0.4, 0.5) is 4.39 Å². The molecule has 2 rings (SSSR count). The molecule has 0 aliphatic heterocycles. The SMILES string of the molecule is OC(CSc1ccc(F)cc1)Cc1ccc(I)cc1. The smallest absolute Gasteiger partial charge is 0.123 e. The summed E-state index contributed by atoms with van der Waals surface area (Å²) < 4.78 is 13.9. The summed E-state index contributed by atoms with van der Waals surface area (Å²) in [5.41, 5.74) is 1.13. The molecule has 0 saturated carbocycles. The van der Waals surface area contributed by atoms with E-state index in [0.717, 1.165) is 10.5 Å². The van der Waals surface area contributed by atoms with Crippen LogP contribution in [0.25, 0.3) is 0 Å². The van der Waals surface area contributed by atoms with Crippen molar-refractivity contribution in [2.75, 3.05) is 5.75 Å². The molecule has 1 nitrogen and oxygen atoms in total. The third-order valence-electron chi connectivity index (χ3n) is 2.64. The van der Waals surface area contributed by atoms with E-state index >= 15 is 0 Å². The van der Waals surface area contributed by atoms with Gasteiger partial charge in [-0.2, -0.15) is 0 Å². The second kappa shape index (κ2) is 7.26. The fourth-order valence-corrected chi connectivity index (χ4v) is 2.87. The molecule has 0 saturated heterocycles. The zero-order chi connectivity index (χ0) is 13.7. The van der Waals surface area contributed by atoms with Crippen LogP contribution in [0, 0.1) is 9.39 Å². The van der Waals surface area contributed by atoms with Gasteiger partial charge in [-0.05, 0) is 71.0 Å². The summed E-state index contributed by atoms with van der Waals surface area (Å²) in [5.74, 6) is 0.376. The van der Waals surface area contributed by atoms with Crippen molar-refractivity contribution in [1.82, 2.24) is 0 Å². The molecule has 0 fully saturated rings. The number of rotatable bonds is 5. The largest absolute Gasteiger partial charge is 0.392 e. The highest BCUT2D eigenvalue weighted by Crippen LogP contribution is 2.20. The quantitative estimate of drug-likeness (QED) is 0.614. The van der Waals surface area contributed by atoms with Crippen LogP contribution in [-0.2, 0) is 6.42 Å². The number of thioether (sulfide) groups is 1. The summed E-state index contributed by atoms with van der Waals surface area (Å²) >= 11 is 3.80. The molecule has 1 N–H and O–H groups in total. The van der Waals surface area contributed by atoms with Gasteiger partial charge in [-0.25, -0.2) is 4.39 Å². The maximum atomic E-state index is 12.7. The lowest BCUT2D eigenvalue weighted by molar-refractivity contribution is 0.200. The average Bonchev–Trinajstić information content (AvgIpc) is 2.41. The van der Waals surface area contributed by atoms with Crippen LogP contribution < -0.4 is 0 Å². The molecule has 0 radical (unpaired) electrons. The molecule has 4 heteroatoms. The highest BCUT2D eigenvalue weighted by atomic mass is 127. The monoisotopic (exact) mass is 388 g/mol. The summed E-state index contributed by atoms with van der Waals surface area (Å²) in [5, 5.41) is 9.99. The molecule has 1 unspecified atom stereocenters. The van der Waals surface area contributed by atoms with Crippen molar-refractivity contribution in [3.8, 4) is 0 Å². The number of benzene rings is 2. The Morgan fingerprint density at radius 2 is 1.68 bits per heavy atom. The van der Waals surface area contributed by atoms with E-state index in [0.29, 0.717) is 12.2 Å². The summed E-state index contributed by atoms with van der Waals surface area (Å²) in [4.78, 5) is 0.975. The van der Waals surface area contributed by atoms with E-state index in [2.05, 4.69) is 22.6 Å². The third-order valence-corrected chi connectivity index (χ3v) is 4.52. The molecule has 0 aliphatic carbocycles. The van der Waals surface area contributed by atoms with Gasteiger partial charge in [0.15, 0.2) is 0 Å². The summed E-state index contributed by atoms with van der Waals surface area (Å²) in [6, 6.07) is 14.5. The van der Waals surface area contributed by atoms with Crippen LogP contribution in [-0.4, -0.2) is 17.0 Å². The van der Waals surface area contributed by atoms with Gasteiger partial charge in [0.25, 0.3) is 0 Å². The van der Waals surface area contributed by atoms with E-state index < -0.39 is 6.10 Å². The molecule has 100 valence electrons. The van der Waals surface area contributed by atoms with Gasteiger partial charge in [0.1, 0.15) is 5.82 Å². The Kier molecular flexibility index (Phi) is 5.66. The van der Waals surface area contributed by atoms with Crippen LogP contribution in [0.2, 0.25) is 0 Å². The van der Waals surface area contributed by atoms with Gasteiger partial charge in [0.05, 0.1) is 6.10 Å². The predicted molar refractivity (Wildman–Crippen MR) is 86.0 cm³/mol. The first-order valence-corrected chi connectivity index (χ1v) is 8.01. The summed E-state index contributed by atoms with van der Waals surface area (Å²) in [6.07, 6.45) is 0.251. The van der Waals surface area contributed by atoms with Crippen molar-refractivity contribution in [2.24, 2.45) is 0 Å². The fourth-order valence-electron chi connectivity index (χ4n) is 1.67. The van der Waals surface area contributed by atoms with Gasteiger partial charge in [0, 0.05) is 14.2 Å². The van der Waals surface area contributed by atoms with Crippen LogP contribution in [0.3, 0.4) is 0 Å². The average molecular weight is 388 g/mol. The number of aliphatic hydroxyl groups excluding tert-OH is 1. The highest BCUT2D eigenvalue weighted by molar-refractivity contribution is 14.1. The lowest BCUT2D eigenvalue weighted by Crippen LogP contribution is -2.13. The molecule has 0 aliphatic rings. The van der Waals surface area contributed by atoms with E-state index in [9.17, 15) is 9.50 Å². The van der Waals surface area contributed by atoms with Crippen molar-refractivity contribution < 1.29 is 9.50 Å². The first-order valence-electron chi connectivity index (χ1n) is 5.94. The lowest BCUT2D eigenvalue weighted by atomic mass is 10.1. The third kappa shape index (κ3) is 5.12. The minimum absolute atomic E-state index is 0.233. The minimum atomic E-state index is -0.393. The standard InChI is InChI=1S/C15H14FIOS/c16-12-3-7-15(8-4-12)19-10-14(18)9-11-1-5-13(17)6-2-11/h1-8,14,18H,9-10H2. The normalized spacial score (nSPS) is 12.4. The Hall–Kier alpha value is -0.590. The molecule has 0 heterocycles. The topological polar surface area (TPSA) is 20.2 Å². The van der Waals surface area contributed by atoms with Gasteiger partial charge in [-0.1, -0.05) is 12.1 Å². The van der Waals surface area contributed by atoms with Crippen LogP contribution >= 0.6 is 34.4 Å². The molecule has 2 aromatic rings. The van der Waals surface area contributed by atoms with Crippen LogP contribution in [0.15, 0.2) is 53.4 Å². The second-order valence-corrected chi connectivity index (χ2v) is 6.59. The Labute approximate surface area is 130 Å². The van der Waals surface area contributed by atoms with Gasteiger partial charge < -0.3 is 5.11 Å². The van der Waals surface area contributed by atoms with E-state index in [4.69, 9.17) is 0 Å². The molecule has 2 aromatic carbocycles. The van der Waals surface area contributed by atoms with Crippen molar-refractivity contribution in [3.05, 3.63) is 63.5 Å². The Morgan fingerprint density at radius 1 is 1.05 bits per heavy atom. The first-order chi connectivity index (χ1) is 9.13. The van der Waals surface area contributed by atoms with E-state index in [1.165, 1.54) is 15.7 Å². The number of hydrogen-bond acceptors (Lipinski definition) is 2. The number of hydrogen-bond donors (Lipinski definition) is 1. The lowest BCUT2D eigenvalue weighted by Gasteiger charge is -2.10. The summed E-state index contributed by atoms with van der Waals surface area (Å²) in [7, 11) is 0. The molecule has 19 heavy (non-hydrogen) atoms. The maximum absolute atomic E-state index is 12.7. The predicted octanol–water partition coefficient (Wildman–Crippen LogP) is 4.13. The summed E-state index contributed by atoms with van der Waals surface area (Å²) in [6.45, 7) is 0. The second-order valence-electron chi connectivity index (χ2n) is 4.25. The maximum Gasteiger partial charge on any atom is 0.123 e. The van der Waals surface area contributed by atoms with E-state index in [1.54, 1.807) is 23.9 Å². The van der Waals surface area contributed by atoms with Gasteiger partial charge in [0.2, 0.25) is 0 Å². The van der Waals surface area contributed by atoms with Crippen molar-refractivity contribution in [2.45, 2.75) is 17.4 Å². The van der Waals surface area contributed by atoms with E-state index in [1.807, 2.05) is 24.3 Å². The zero-order valence-electron chi connectivity index (χ0n) is 10.2. The molecule has 0 spiro atoms. The molecule has 1 atom stereocenters. The minimum Gasteiger partial charge on any atom is -0.392 e. The highest BCUT2D eigenvalue weighted by Gasteiger charge is 2.06. The van der Waals surface area contributed by atoms with E-state index in [-0.39, 0.29) is 5.82 Å². The number of halogens is 2. The molecule has 0 bridgehead atoms. The van der Waals surface area contributed by atoms with Crippen molar-refractivity contribution >= 4 is 34.4 Å². The molecule has 0 aromatic heterocycles. The molecular weight excluding hydrogens is 374 g/mol. The van der Waals surface area contributed by atoms with Gasteiger partial charge in [-0.3, -0.25) is 0 Å². The first kappa shape index (κ1) is 14.8. The Morgan fingerprint density at radius 3 is 2.32 bits per heavy atom. The fraction of sp³-hybridized carbons (Fsp3) is 0.200. The van der Waals surface area contributed by atoms with Crippen molar-refractivity contribution in [1.29, 1.82) is 0 Å². The van der Waals surface area contributed by atoms with Crippen LogP contribution in [0.1, 0.15) is 5.56 Å². The van der Waals surface area contributed by atoms with Gasteiger partial charge >= 0.3 is 0 Å². The van der Waals surface area contributed by atoms with Crippen LogP contribution in [0.5, 0.6) is 0 Å². The van der Waals surface area contributed by atoms with Crippen molar-refractivity contribution in [3.63, 3.8) is 0 Å². The zero-order valence-corrected chi connectivity index (χ0v) is 13.2.